The van der Waals surface area contributed by atoms with Crippen molar-refractivity contribution in [2.75, 3.05) is 34.4 Å². The second kappa shape index (κ2) is 7.81. The number of rotatable bonds is 5. The summed E-state index contributed by atoms with van der Waals surface area (Å²) >= 11 is 3.40. The zero-order valence-corrected chi connectivity index (χ0v) is 15.8. The number of carbonyl (C=O) groups excluding carboxylic acids is 2. The lowest BCUT2D eigenvalue weighted by molar-refractivity contribution is -0.141. The Hall–Kier alpha value is -1.86. The molecule has 1 heterocycles. The van der Waals surface area contributed by atoms with Gasteiger partial charge in [0.15, 0.2) is 0 Å². The molecule has 6 nitrogen and oxygen atoms in total. The summed E-state index contributed by atoms with van der Waals surface area (Å²) in [5.41, 5.74) is 1.90. The van der Waals surface area contributed by atoms with E-state index >= 15 is 0 Å². The van der Waals surface area contributed by atoms with E-state index < -0.39 is 12.0 Å². The Morgan fingerprint density at radius 1 is 1.21 bits per heavy atom. The lowest BCUT2D eigenvalue weighted by Gasteiger charge is -2.39. The molecular formula is C17H21BrN2O4. The molecule has 24 heavy (non-hydrogen) atoms. The molecule has 1 atom stereocenters. The van der Waals surface area contributed by atoms with E-state index in [1.807, 2.05) is 24.3 Å². The molecular weight excluding hydrogens is 376 g/mol. The van der Waals surface area contributed by atoms with E-state index in [-0.39, 0.29) is 12.6 Å². The highest BCUT2D eigenvalue weighted by Gasteiger charge is 2.39. The van der Waals surface area contributed by atoms with Crippen LogP contribution in [0.4, 0.5) is 4.79 Å². The quantitative estimate of drug-likeness (QED) is 0.566. The predicted molar refractivity (Wildman–Crippen MR) is 93.3 cm³/mol. The van der Waals surface area contributed by atoms with E-state index in [9.17, 15) is 9.59 Å². The number of methoxy groups -OCH3 is 1. The second-order valence-corrected chi connectivity index (χ2v) is 6.45. The van der Waals surface area contributed by atoms with Crippen LogP contribution in [0.3, 0.4) is 0 Å². The Morgan fingerprint density at radius 2 is 1.83 bits per heavy atom. The monoisotopic (exact) mass is 396 g/mol. The first kappa shape index (κ1) is 18.5. The average molecular weight is 397 g/mol. The van der Waals surface area contributed by atoms with Crippen LogP contribution >= 0.6 is 15.9 Å². The van der Waals surface area contributed by atoms with Crippen molar-refractivity contribution < 1.29 is 19.1 Å². The molecule has 130 valence electrons. The van der Waals surface area contributed by atoms with Crippen molar-refractivity contribution in [3.05, 3.63) is 45.6 Å². The van der Waals surface area contributed by atoms with E-state index in [1.54, 1.807) is 33.0 Å². The minimum absolute atomic E-state index is 0.167. The van der Waals surface area contributed by atoms with Gasteiger partial charge >= 0.3 is 12.0 Å². The molecule has 2 amide bonds. The zero-order valence-electron chi connectivity index (χ0n) is 14.2. The highest BCUT2D eigenvalue weighted by atomic mass is 79.9. The number of allylic oxidation sites excluding steroid dienone is 1. The van der Waals surface area contributed by atoms with Crippen molar-refractivity contribution in [3.63, 3.8) is 0 Å². The second-order valence-electron chi connectivity index (χ2n) is 5.53. The molecule has 0 saturated carbocycles. The molecule has 1 aliphatic heterocycles. The first-order valence-electron chi connectivity index (χ1n) is 7.51. The normalized spacial score (nSPS) is 18.2. The van der Waals surface area contributed by atoms with Crippen LogP contribution in [0.25, 0.3) is 0 Å². The summed E-state index contributed by atoms with van der Waals surface area (Å²) in [6.45, 7) is 2.25. The molecule has 0 unspecified atom stereocenters. The largest absolute Gasteiger partial charge is 0.460 e. The van der Waals surface area contributed by atoms with Crippen molar-refractivity contribution in [2.24, 2.45) is 0 Å². The fourth-order valence-electron chi connectivity index (χ4n) is 2.65. The maximum Gasteiger partial charge on any atom is 0.338 e. The Balaban J connectivity index is 2.44. The summed E-state index contributed by atoms with van der Waals surface area (Å²) in [6.07, 6.45) is 0. The molecule has 0 spiro atoms. The average Bonchev–Trinajstić information content (AvgIpc) is 2.57. The number of carbonyl (C=O) groups is 2. The van der Waals surface area contributed by atoms with Gasteiger partial charge in [-0.1, -0.05) is 28.1 Å². The smallest absolute Gasteiger partial charge is 0.338 e. The van der Waals surface area contributed by atoms with Crippen LogP contribution in [0.15, 0.2) is 40.0 Å². The minimum Gasteiger partial charge on any atom is -0.460 e. The maximum absolute atomic E-state index is 12.6. The van der Waals surface area contributed by atoms with Crippen molar-refractivity contribution in [1.82, 2.24) is 9.80 Å². The molecule has 0 aromatic heterocycles. The van der Waals surface area contributed by atoms with Crippen molar-refractivity contribution in [1.29, 1.82) is 0 Å². The Labute approximate surface area is 150 Å². The van der Waals surface area contributed by atoms with E-state index in [2.05, 4.69) is 15.9 Å². The van der Waals surface area contributed by atoms with Gasteiger partial charge in [-0.2, -0.15) is 0 Å². The molecule has 0 fully saturated rings. The van der Waals surface area contributed by atoms with Crippen LogP contribution in [-0.2, 0) is 14.3 Å². The van der Waals surface area contributed by atoms with E-state index in [0.717, 1.165) is 10.0 Å². The fraction of sp³-hybridized carbons (Fsp3) is 0.412. The zero-order chi connectivity index (χ0) is 17.9. The van der Waals surface area contributed by atoms with Crippen LogP contribution in [0.2, 0.25) is 0 Å². The number of esters is 1. The first-order valence-corrected chi connectivity index (χ1v) is 8.30. The van der Waals surface area contributed by atoms with Gasteiger partial charge in [-0.15, -0.1) is 0 Å². The molecule has 0 aliphatic carbocycles. The van der Waals surface area contributed by atoms with Gasteiger partial charge in [0.25, 0.3) is 0 Å². The van der Waals surface area contributed by atoms with Gasteiger partial charge in [-0.3, -0.25) is 0 Å². The number of urea groups is 1. The van der Waals surface area contributed by atoms with E-state index in [0.29, 0.717) is 17.9 Å². The number of halogens is 1. The number of hydrogen-bond donors (Lipinski definition) is 0. The van der Waals surface area contributed by atoms with Gasteiger partial charge < -0.3 is 19.3 Å². The van der Waals surface area contributed by atoms with Gasteiger partial charge in [0.05, 0.1) is 18.2 Å². The van der Waals surface area contributed by atoms with Crippen LogP contribution in [0.1, 0.15) is 18.5 Å². The van der Waals surface area contributed by atoms with E-state index in [1.165, 1.54) is 4.90 Å². The van der Waals surface area contributed by atoms with Gasteiger partial charge in [0.1, 0.15) is 6.61 Å². The number of ether oxygens (including phenoxy) is 2. The maximum atomic E-state index is 12.6. The van der Waals surface area contributed by atoms with Gasteiger partial charge in [0, 0.05) is 31.4 Å². The standard InChI is InChI=1S/C17H21BrN2O4/c1-11-14(16(21)24-10-9-23-4)15(20(3)17(22)19(11)2)12-5-7-13(18)8-6-12/h5-8,15H,9-10H2,1-4H3/t15-/m0/s1. The summed E-state index contributed by atoms with van der Waals surface area (Å²) in [4.78, 5) is 28.1. The fourth-order valence-corrected chi connectivity index (χ4v) is 2.92. The molecule has 1 aliphatic rings. The van der Waals surface area contributed by atoms with E-state index in [4.69, 9.17) is 9.47 Å². The SMILES string of the molecule is COCCOC(=O)C1=C(C)N(C)C(=O)N(C)[C@H]1c1ccc(Br)cc1. The van der Waals surface area contributed by atoms with Gasteiger partial charge in [-0.25, -0.2) is 9.59 Å². The van der Waals surface area contributed by atoms with Crippen LogP contribution in [-0.4, -0.2) is 56.2 Å². The summed E-state index contributed by atoms with van der Waals surface area (Å²) in [7, 11) is 4.87. The summed E-state index contributed by atoms with van der Waals surface area (Å²) in [6, 6.07) is 6.88. The third kappa shape index (κ3) is 3.62. The van der Waals surface area contributed by atoms with Crippen LogP contribution in [0, 0.1) is 0 Å². The van der Waals surface area contributed by atoms with Gasteiger partial charge in [-0.05, 0) is 24.6 Å². The molecule has 0 saturated heterocycles. The Morgan fingerprint density at radius 3 is 2.42 bits per heavy atom. The summed E-state index contributed by atoms with van der Waals surface area (Å²) < 4.78 is 11.1. The van der Waals surface area contributed by atoms with Crippen molar-refractivity contribution in [2.45, 2.75) is 13.0 Å². The van der Waals surface area contributed by atoms with Crippen molar-refractivity contribution >= 4 is 27.9 Å². The first-order chi connectivity index (χ1) is 11.4. The number of hydrogen-bond acceptors (Lipinski definition) is 4. The predicted octanol–water partition coefficient (Wildman–Crippen LogP) is 2.95. The number of likely N-dealkylation sites (N-methyl/N-ethyl adjacent to an activating group) is 1. The highest BCUT2D eigenvalue weighted by Crippen LogP contribution is 2.36. The molecule has 0 radical (unpaired) electrons. The Bertz CT molecular complexity index is 657. The molecule has 1 aromatic rings. The minimum atomic E-state index is -0.489. The number of amides is 2. The summed E-state index contributed by atoms with van der Waals surface area (Å²) in [5.74, 6) is -0.441. The third-order valence-electron chi connectivity index (χ3n) is 4.07. The molecule has 0 bridgehead atoms. The third-order valence-corrected chi connectivity index (χ3v) is 4.60. The summed E-state index contributed by atoms with van der Waals surface area (Å²) in [5, 5.41) is 0. The van der Waals surface area contributed by atoms with Crippen molar-refractivity contribution in [3.8, 4) is 0 Å². The van der Waals surface area contributed by atoms with Gasteiger partial charge in [0.2, 0.25) is 0 Å². The van der Waals surface area contributed by atoms with Crippen LogP contribution < -0.4 is 0 Å². The lowest BCUT2D eigenvalue weighted by Crippen LogP contribution is -2.47. The Kier molecular flexibility index (Phi) is 6.01. The lowest BCUT2D eigenvalue weighted by atomic mass is 9.94. The number of benzene rings is 1. The molecule has 2 rings (SSSR count). The molecule has 1 aromatic carbocycles. The highest BCUT2D eigenvalue weighted by molar-refractivity contribution is 9.10. The number of nitrogens with zero attached hydrogens (tertiary/aromatic N) is 2. The molecule has 0 N–H and O–H groups in total. The topological polar surface area (TPSA) is 59.1 Å². The van der Waals surface area contributed by atoms with Crippen LogP contribution in [0.5, 0.6) is 0 Å². The molecule has 7 heteroatoms.